The van der Waals surface area contributed by atoms with E-state index in [0.29, 0.717) is 23.8 Å². The number of ether oxygens (including phenoxy) is 1. The van der Waals surface area contributed by atoms with Crippen LogP contribution in [-0.2, 0) is 9.53 Å². The van der Waals surface area contributed by atoms with E-state index in [1.165, 1.54) is 0 Å². The van der Waals surface area contributed by atoms with Crippen molar-refractivity contribution in [2.24, 2.45) is 5.92 Å². The van der Waals surface area contributed by atoms with Crippen LogP contribution in [0.1, 0.15) is 26.7 Å². The maximum atomic E-state index is 11.5. The number of benzene rings is 1. The van der Waals surface area contributed by atoms with Gasteiger partial charge < -0.3 is 15.4 Å². The minimum Gasteiger partial charge on any atom is -0.382 e. The van der Waals surface area contributed by atoms with Crippen molar-refractivity contribution in [2.75, 3.05) is 23.0 Å². The van der Waals surface area contributed by atoms with Crippen LogP contribution in [0.4, 0.5) is 11.4 Å². The second kappa shape index (κ2) is 6.28. The fourth-order valence-corrected chi connectivity index (χ4v) is 3.62. The van der Waals surface area contributed by atoms with Crippen molar-refractivity contribution < 1.29 is 9.53 Å². The average Bonchev–Trinajstić information content (AvgIpc) is 2.47. The van der Waals surface area contributed by atoms with Gasteiger partial charge in [0.15, 0.2) is 0 Å². The lowest BCUT2D eigenvalue weighted by Gasteiger charge is -2.33. The zero-order valence-corrected chi connectivity index (χ0v) is 13.3. The monoisotopic (exact) mass is 306 g/mol. The summed E-state index contributed by atoms with van der Waals surface area (Å²) >= 11 is 1.60. The number of fused-ring (bicyclic) bond motifs is 1. The van der Waals surface area contributed by atoms with Crippen LogP contribution in [-0.4, -0.2) is 30.4 Å². The van der Waals surface area contributed by atoms with Crippen molar-refractivity contribution in [3.63, 3.8) is 0 Å². The summed E-state index contributed by atoms with van der Waals surface area (Å²) in [4.78, 5) is 12.6. The summed E-state index contributed by atoms with van der Waals surface area (Å²) in [5.41, 5.74) is 2.00. The summed E-state index contributed by atoms with van der Waals surface area (Å²) in [6.07, 6.45) is 2.40. The van der Waals surface area contributed by atoms with Gasteiger partial charge in [-0.25, -0.2) is 0 Å². The van der Waals surface area contributed by atoms with Crippen molar-refractivity contribution >= 4 is 29.0 Å². The third kappa shape index (κ3) is 3.52. The first-order valence-corrected chi connectivity index (χ1v) is 8.55. The highest BCUT2D eigenvalue weighted by Crippen LogP contribution is 2.34. The standard InChI is InChI=1S/C16H22N2O2S/c1-10(2)14-8-12(5-6-20-14)17-11-3-4-15-13(7-11)18-16(19)9-21-15/h3-4,7,10,12,14,17H,5-6,8-9H2,1-2H3,(H,18,19). The van der Waals surface area contributed by atoms with Crippen LogP contribution in [0.25, 0.3) is 0 Å². The minimum atomic E-state index is 0.0792. The summed E-state index contributed by atoms with van der Waals surface area (Å²) in [5, 5.41) is 6.53. The van der Waals surface area contributed by atoms with Gasteiger partial charge in [0.1, 0.15) is 0 Å². The highest BCUT2D eigenvalue weighted by molar-refractivity contribution is 8.00. The zero-order valence-electron chi connectivity index (χ0n) is 12.5. The number of thioether (sulfide) groups is 1. The van der Waals surface area contributed by atoms with Gasteiger partial charge in [0.2, 0.25) is 5.91 Å². The molecule has 0 aliphatic carbocycles. The molecule has 2 atom stereocenters. The number of carbonyl (C=O) groups is 1. The predicted octanol–water partition coefficient (Wildman–Crippen LogP) is 3.35. The summed E-state index contributed by atoms with van der Waals surface area (Å²) in [7, 11) is 0. The van der Waals surface area contributed by atoms with Crippen LogP contribution in [0, 0.1) is 5.92 Å². The lowest BCUT2D eigenvalue weighted by Crippen LogP contribution is -2.36. The van der Waals surface area contributed by atoms with Gasteiger partial charge in [-0.05, 0) is 37.0 Å². The average molecular weight is 306 g/mol. The molecule has 0 spiro atoms. The SMILES string of the molecule is CC(C)C1CC(Nc2ccc3c(c2)NC(=O)CS3)CCO1. The summed E-state index contributed by atoms with van der Waals surface area (Å²) in [5.74, 6) is 1.14. The van der Waals surface area contributed by atoms with Gasteiger partial charge in [0.05, 0.1) is 17.5 Å². The van der Waals surface area contributed by atoms with Crippen LogP contribution in [0.2, 0.25) is 0 Å². The van der Waals surface area contributed by atoms with Crippen molar-refractivity contribution in [2.45, 2.75) is 43.7 Å². The van der Waals surface area contributed by atoms with Crippen molar-refractivity contribution in [3.8, 4) is 0 Å². The van der Waals surface area contributed by atoms with E-state index in [0.717, 1.165) is 35.7 Å². The molecule has 2 aliphatic rings. The van der Waals surface area contributed by atoms with E-state index in [-0.39, 0.29) is 5.91 Å². The second-order valence-corrected chi connectivity index (χ2v) is 7.08. The number of amides is 1. The van der Waals surface area contributed by atoms with Crippen LogP contribution in [0.15, 0.2) is 23.1 Å². The van der Waals surface area contributed by atoms with Crippen molar-refractivity contribution in [1.29, 1.82) is 0 Å². The molecular weight excluding hydrogens is 284 g/mol. The number of hydrogen-bond acceptors (Lipinski definition) is 4. The first kappa shape index (κ1) is 14.7. The van der Waals surface area contributed by atoms with Crippen molar-refractivity contribution in [1.82, 2.24) is 0 Å². The molecule has 0 aromatic heterocycles. The van der Waals surface area contributed by atoms with Gasteiger partial charge in [-0.3, -0.25) is 4.79 Å². The highest BCUT2D eigenvalue weighted by atomic mass is 32.2. The molecule has 3 rings (SSSR count). The van der Waals surface area contributed by atoms with E-state index < -0.39 is 0 Å². The molecule has 2 aliphatic heterocycles. The smallest absolute Gasteiger partial charge is 0.234 e. The summed E-state index contributed by atoms with van der Waals surface area (Å²) in [6.45, 7) is 5.23. The molecule has 2 N–H and O–H groups in total. The Balaban J connectivity index is 1.67. The predicted molar refractivity (Wildman–Crippen MR) is 87.0 cm³/mol. The molecule has 1 fully saturated rings. The fourth-order valence-electron chi connectivity index (χ4n) is 2.83. The Morgan fingerprint density at radius 1 is 1.43 bits per heavy atom. The van der Waals surface area contributed by atoms with Gasteiger partial charge in [0, 0.05) is 23.2 Å². The molecule has 5 heteroatoms. The van der Waals surface area contributed by atoms with E-state index in [9.17, 15) is 4.79 Å². The maximum Gasteiger partial charge on any atom is 0.234 e. The quantitative estimate of drug-likeness (QED) is 0.899. The molecule has 21 heavy (non-hydrogen) atoms. The van der Waals surface area contributed by atoms with Crippen molar-refractivity contribution in [3.05, 3.63) is 18.2 Å². The summed E-state index contributed by atoms with van der Waals surface area (Å²) in [6, 6.07) is 6.67. The number of nitrogens with one attached hydrogen (secondary N) is 2. The van der Waals surface area contributed by atoms with E-state index in [1.54, 1.807) is 11.8 Å². The molecule has 0 radical (unpaired) electrons. The van der Waals surface area contributed by atoms with Crippen LogP contribution < -0.4 is 10.6 Å². The zero-order chi connectivity index (χ0) is 14.8. The molecule has 1 aromatic rings. The Hall–Kier alpha value is -1.20. The Kier molecular flexibility index (Phi) is 4.40. The van der Waals surface area contributed by atoms with E-state index >= 15 is 0 Å². The molecule has 1 saturated heterocycles. The third-order valence-corrected chi connectivity index (χ3v) is 5.12. The number of carbonyl (C=O) groups excluding carboxylic acids is 1. The van der Waals surface area contributed by atoms with Gasteiger partial charge in [-0.15, -0.1) is 11.8 Å². The maximum absolute atomic E-state index is 11.5. The number of hydrogen-bond donors (Lipinski definition) is 2. The Morgan fingerprint density at radius 2 is 2.29 bits per heavy atom. The molecular formula is C16H22N2O2S. The van der Waals surface area contributed by atoms with E-state index in [1.807, 2.05) is 6.07 Å². The number of rotatable bonds is 3. The Morgan fingerprint density at radius 3 is 3.10 bits per heavy atom. The lowest BCUT2D eigenvalue weighted by molar-refractivity contribution is -0.113. The van der Waals surface area contributed by atoms with Crippen LogP contribution in [0.5, 0.6) is 0 Å². The van der Waals surface area contributed by atoms with Gasteiger partial charge in [-0.2, -0.15) is 0 Å². The largest absolute Gasteiger partial charge is 0.382 e. The summed E-state index contributed by atoms with van der Waals surface area (Å²) < 4.78 is 5.81. The fraction of sp³-hybridized carbons (Fsp3) is 0.562. The molecule has 1 aromatic carbocycles. The molecule has 1 amide bonds. The molecule has 0 saturated carbocycles. The Bertz CT molecular complexity index is 533. The normalized spacial score (nSPS) is 25.4. The van der Waals surface area contributed by atoms with E-state index in [4.69, 9.17) is 4.74 Å². The van der Waals surface area contributed by atoms with Gasteiger partial charge >= 0.3 is 0 Å². The van der Waals surface area contributed by atoms with E-state index in [2.05, 4.69) is 36.6 Å². The molecule has 2 heterocycles. The van der Waals surface area contributed by atoms with Crippen LogP contribution >= 0.6 is 11.8 Å². The number of anilines is 2. The molecule has 0 bridgehead atoms. The minimum absolute atomic E-state index is 0.0792. The van der Waals surface area contributed by atoms with Gasteiger partial charge in [0.25, 0.3) is 0 Å². The Labute approximate surface area is 130 Å². The lowest BCUT2D eigenvalue weighted by atomic mass is 9.95. The third-order valence-electron chi connectivity index (χ3n) is 4.04. The first-order valence-electron chi connectivity index (χ1n) is 7.56. The van der Waals surface area contributed by atoms with Crippen LogP contribution in [0.3, 0.4) is 0 Å². The highest BCUT2D eigenvalue weighted by Gasteiger charge is 2.25. The first-order chi connectivity index (χ1) is 10.1. The second-order valence-electron chi connectivity index (χ2n) is 6.07. The molecule has 114 valence electrons. The topological polar surface area (TPSA) is 50.4 Å². The molecule has 4 nitrogen and oxygen atoms in total. The van der Waals surface area contributed by atoms with Gasteiger partial charge in [-0.1, -0.05) is 13.8 Å². The molecule has 2 unspecified atom stereocenters.